The van der Waals surface area contributed by atoms with Gasteiger partial charge in [-0.1, -0.05) is 0 Å². The Morgan fingerprint density at radius 2 is 1.71 bits per heavy atom. The van der Waals surface area contributed by atoms with Gasteiger partial charge >= 0.3 is 5.69 Å². The van der Waals surface area contributed by atoms with E-state index < -0.39 is 23.0 Å². The minimum atomic E-state index is -0.768. The van der Waals surface area contributed by atoms with Gasteiger partial charge in [0.05, 0.1) is 5.69 Å². The summed E-state index contributed by atoms with van der Waals surface area (Å²) in [6, 6.07) is 6.64. The van der Waals surface area contributed by atoms with Crippen molar-refractivity contribution < 1.29 is 9.18 Å². The third kappa shape index (κ3) is 3.94. The molecule has 0 aliphatic carbocycles. The monoisotopic (exact) mass is 463 g/mol. The van der Waals surface area contributed by atoms with E-state index in [4.69, 9.17) is 0 Å². The van der Waals surface area contributed by atoms with Crippen LogP contribution in [0.3, 0.4) is 0 Å². The van der Waals surface area contributed by atoms with Gasteiger partial charge < -0.3 is 14.8 Å². The van der Waals surface area contributed by atoms with Crippen LogP contribution >= 0.6 is 0 Å². The summed E-state index contributed by atoms with van der Waals surface area (Å²) in [5.41, 5.74) is -1.49. The first-order chi connectivity index (χ1) is 16.5. The number of nitrogens with zero attached hydrogens (tertiary/aromatic N) is 8. The summed E-state index contributed by atoms with van der Waals surface area (Å²) in [6.45, 7) is 1.65. The molecule has 0 radical (unpaired) electrons. The molecule has 12 nitrogen and oxygen atoms in total. The number of hydrogen-bond donors (Lipinski definition) is 1. The molecule has 1 amide bonds. The standard InChI is InChI=1S/C21H18FN9O3/c22-14-1-3-15(4-2-14)31-20(33)16(10-24-21(31)34)19(32)29-7-5-28(6-8-29)17-9-18(26-12-25-17)30-13-23-11-27-30/h1-4,9-13H,5-8H2,(H,24,34). The van der Waals surface area contributed by atoms with Crippen molar-refractivity contribution in [2.24, 2.45) is 0 Å². The maximum atomic E-state index is 13.2. The van der Waals surface area contributed by atoms with Crippen LogP contribution in [-0.2, 0) is 0 Å². The van der Waals surface area contributed by atoms with Crippen molar-refractivity contribution in [3.05, 3.63) is 87.7 Å². The predicted molar refractivity (Wildman–Crippen MR) is 118 cm³/mol. The fourth-order valence-electron chi connectivity index (χ4n) is 3.72. The molecule has 1 aliphatic heterocycles. The summed E-state index contributed by atoms with van der Waals surface area (Å²) in [5.74, 6) is 0.240. The first kappa shape index (κ1) is 21.2. The van der Waals surface area contributed by atoms with E-state index in [0.717, 1.165) is 22.9 Å². The van der Waals surface area contributed by atoms with Crippen LogP contribution in [0.25, 0.3) is 11.5 Å². The fraction of sp³-hybridized carbons (Fsp3) is 0.190. The quantitative estimate of drug-likeness (QED) is 0.447. The molecular formula is C21H18FN9O3. The van der Waals surface area contributed by atoms with Crippen LogP contribution in [0.4, 0.5) is 10.2 Å². The van der Waals surface area contributed by atoms with Gasteiger partial charge in [0.15, 0.2) is 5.82 Å². The first-order valence-corrected chi connectivity index (χ1v) is 10.3. The highest BCUT2D eigenvalue weighted by Crippen LogP contribution is 2.16. The Balaban J connectivity index is 1.33. The molecule has 13 heteroatoms. The third-order valence-electron chi connectivity index (χ3n) is 5.47. The summed E-state index contributed by atoms with van der Waals surface area (Å²) in [5, 5.41) is 4.06. The molecule has 1 fully saturated rings. The smallest absolute Gasteiger partial charge is 0.333 e. The number of halogens is 1. The summed E-state index contributed by atoms with van der Waals surface area (Å²) < 4.78 is 15.6. The average molecular weight is 463 g/mol. The van der Waals surface area contributed by atoms with Crippen LogP contribution in [0.1, 0.15) is 10.4 Å². The van der Waals surface area contributed by atoms with Gasteiger partial charge in [-0.25, -0.2) is 33.4 Å². The number of aromatic nitrogens is 7. The van der Waals surface area contributed by atoms with Crippen molar-refractivity contribution >= 4 is 11.7 Å². The molecule has 1 aromatic carbocycles. The van der Waals surface area contributed by atoms with E-state index in [0.29, 0.717) is 37.8 Å². The second-order valence-corrected chi connectivity index (χ2v) is 7.48. The molecule has 172 valence electrons. The Morgan fingerprint density at radius 3 is 2.41 bits per heavy atom. The van der Waals surface area contributed by atoms with Crippen LogP contribution in [0, 0.1) is 5.82 Å². The highest BCUT2D eigenvalue weighted by atomic mass is 19.1. The van der Waals surface area contributed by atoms with Gasteiger partial charge in [0.2, 0.25) is 0 Å². The highest BCUT2D eigenvalue weighted by molar-refractivity contribution is 5.93. The predicted octanol–water partition coefficient (Wildman–Crippen LogP) is -0.00200. The molecule has 3 aromatic heterocycles. The Bertz CT molecular complexity index is 1440. The van der Waals surface area contributed by atoms with Crippen molar-refractivity contribution in [1.29, 1.82) is 0 Å². The van der Waals surface area contributed by atoms with Crippen molar-refractivity contribution in [3.63, 3.8) is 0 Å². The Hall–Kier alpha value is -4.68. The molecule has 4 heterocycles. The Kier molecular flexibility index (Phi) is 5.41. The molecule has 5 rings (SSSR count). The van der Waals surface area contributed by atoms with Gasteiger partial charge in [0.1, 0.15) is 36.2 Å². The topological polar surface area (TPSA) is 135 Å². The number of hydrogen-bond acceptors (Lipinski definition) is 8. The number of carbonyl (C=O) groups excluding carboxylic acids is 1. The summed E-state index contributed by atoms with van der Waals surface area (Å²) in [7, 11) is 0. The van der Waals surface area contributed by atoms with Crippen LogP contribution in [0.2, 0.25) is 0 Å². The lowest BCUT2D eigenvalue weighted by Gasteiger charge is -2.35. The zero-order valence-corrected chi connectivity index (χ0v) is 17.7. The molecule has 34 heavy (non-hydrogen) atoms. The van der Waals surface area contributed by atoms with Crippen LogP contribution in [-0.4, -0.2) is 71.3 Å². The number of H-pyrrole nitrogens is 1. The maximum Gasteiger partial charge on any atom is 0.333 e. The van der Waals surface area contributed by atoms with Crippen molar-refractivity contribution in [1.82, 2.24) is 39.2 Å². The minimum absolute atomic E-state index is 0.166. The highest BCUT2D eigenvalue weighted by Gasteiger charge is 2.26. The fourth-order valence-corrected chi connectivity index (χ4v) is 3.72. The van der Waals surface area contributed by atoms with E-state index >= 15 is 0 Å². The molecule has 1 N–H and O–H groups in total. The molecule has 1 aliphatic rings. The van der Waals surface area contributed by atoms with Crippen LogP contribution in [0.15, 0.2) is 65.1 Å². The zero-order valence-electron chi connectivity index (χ0n) is 17.7. The summed E-state index contributed by atoms with van der Waals surface area (Å²) in [6.07, 6.45) is 5.50. The molecule has 0 bridgehead atoms. The van der Waals surface area contributed by atoms with Crippen LogP contribution in [0.5, 0.6) is 0 Å². The largest absolute Gasteiger partial charge is 0.353 e. The second kappa shape index (κ2) is 8.69. The van der Waals surface area contributed by atoms with Gasteiger partial charge in [0, 0.05) is 38.4 Å². The Labute approximate surface area is 191 Å². The lowest BCUT2D eigenvalue weighted by Crippen LogP contribution is -2.50. The number of nitrogens with one attached hydrogen (secondary N) is 1. The van der Waals surface area contributed by atoms with E-state index in [9.17, 15) is 18.8 Å². The number of piperazine rings is 1. The van der Waals surface area contributed by atoms with E-state index in [1.807, 2.05) is 4.90 Å². The molecule has 4 aromatic rings. The second-order valence-electron chi connectivity index (χ2n) is 7.48. The van der Waals surface area contributed by atoms with Crippen molar-refractivity contribution in [2.45, 2.75) is 0 Å². The van der Waals surface area contributed by atoms with Crippen molar-refractivity contribution in [3.8, 4) is 11.5 Å². The molecule has 0 atom stereocenters. The number of carbonyl (C=O) groups is 1. The van der Waals surface area contributed by atoms with E-state index in [-0.39, 0.29) is 11.3 Å². The molecule has 1 saturated heterocycles. The number of rotatable bonds is 4. The van der Waals surface area contributed by atoms with Gasteiger partial charge in [-0.15, -0.1) is 0 Å². The summed E-state index contributed by atoms with van der Waals surface area (Å²) in [4.78, 5) is 56.7. The van der Waals surface area contributed by atoms with E-state index in [1.54, 1.807) is 11.0 Å². The van der Waals surface area contributed by atoms with Gasteiger partial charge in [-0.3, -0.25) is 9.59 Å². The van der Waals surface area contributed by atoms with E-state index in [2.05, 4.69) is 25.0 Å². The van der Waals surface area contributed by atoms with Gasteiger partial charge in [0.25, 0.3) is 11.5 Å². The minimum Gasteiger partial charge on any atom is -0.353 e. The first-order valence-electron chi connectivity index (χ1n) is 10.3. The van der Waals surface area contributed by atoms with Crippen LogP contribution < -0.4 is 16.1 Å². The Morgan fingerprint density at radius 1 is 0.971 bits per heavy atom. The molecule has 0 unspecified atom stereocenters. The lowest BCUT2D eigenvalue weighted by atomic mass is 10.2. The van der Waals surface area contributed by atoms with Gasteiger partial charge in [-0.05, 0) is 24.3 Å². The normalized spacial score (nSPS) is 13.8. The van der Waals surface area contributed by atoms with Gasteiger partial charge in [-0.2, -0.15) is 5.10 Å². The molecular weight excluding hydrogens is 445 g/mol. The number of benzene rings is 1. The van der Waals surface area contributed by atoms with Crippen molar-refractivity contribution in [2.75, 3.05) is 31.1 Å². The SMILES string of the molecule is O=C(c1c[nH]c(=O)n(-c2ccc(F)cc2)c1=O)N1CCN(c2cc(-n3cncn3)ncn2)CC1. The lowest BCUT2D eigenvalue weighted by molar-refractivity contribution is 0.0743. The summed E-state index contributed by atoms with van der Waals surface area (Å²) >= 11 is 0. The van der Waals surface area contributed by atoms with E-state index in [1.165, 1.54) is 35.8 Å². The number of aromatic amines is 1. The zero-order chi connectivity index (χ0) is 23.7. The number of amides is 1. The average Bonchev–Trinajstić information content (AvgIpc) is 3.40. The number of anilines is 1. The third-order valence-corrected chi connectivity index (χ3v) is 5.47. The maximum absolute atomic E-state index is 13.2. The molecule has 0 saturated carbocycles. The molecule has 0 spiro atoms.